The lowest BCUT2D eigenvalue weighted by molar-refractivity contribution is -0.121. The Labute approximate surface area is 171 Å². The van der Waals surface area contributed by atoms with Crippen LogP contribution in [0.15, 0.2) is 30.0 Å². The van der Waals surface area contributed by atoms with Crippen LogP contribution < -0.4 is 5.32 Å². The molecule has 2 amide bonds. The van der Waals surface area contributed by atoms with Crippen molar-refractivity contribution in [2.75, 3.05) is 5.32 Å². The second kappa shape index (κ2) is 6.77. The number of rotatable bonds is 4. The number of halogens is 1. The number of carbonyl (C=O) groups excluding carboxylic acids is 2. The fraction of sp³-hybridized carbons (Fsp3) is 0.300. The van der Waals surface area contributed by atoms with Gasteiger partial charge in [0, 0.05) is 36.4 Å². The molecule has 5 rings (SSSR count). The molecule has 7 nitrogen and oxygen atoms in total. The van der Waals surface area contributed by atoms with Gasteiger partial charge in [-0.2, -0.15) is 0 Å². The Bertz CT molecular complexity index is 1130. The molecule has 0 saturated carbocycles. The third-order valence-corrected chi connectivity index (χ3v) is 6.12. The van der Waals surface area contributed by atoms with E-state index in [1.807, 2.05) is 4.57 Å². The molecule has 29 heavy (non-hydrogen) atoms. The minimum Gasteiger partial charge on any atom is -0.334 e. The molecule has 1 unspecified atom stereocenters. The van der Waals surface area contributed by atoms with Crippen molar-refractivity contribution in [3.05, 3.63) is 63.9 Å². The summed E-state index contributed by atoms with van der Waals surface area (Å²) >= 11 is 1.29. The maximum atomic E-state index is 14.5. The van der Waals surface area contributed by atoms with E-state index in [-0.39, 0.29) is 13.9 Å². The van der Waals surface area contributed by atoms with E-state index >= 15 is 0 Å². The molecular formula is C20H20FN5O2S. The van der Waals surface area contributed by atoms with Crippen molar-refractivity contribution in [2.45, 2.75) is 38.9 Å². The van der Waals surface area contributed by atoms with Gasteiger partial charge < -0.3 is 9.47 Å². The Morgan fingerprint density at radius 2 is 2.24 bits per heavy atom. The standard InChI is InChI=1S/C20H18FN5O2S.H2/c1-11-7-12-13(14(21)8-11)9-26(19(12)28)17(18(27)24-20-22-4-6-29-20)16-15-3-2-5-25(15)10-23-16;/h4,6-8,10,17H,2-3,5,9H2,1H3,(H,22,24,27);1H. The normalized spacial score (nSPS) is 16.1. The highest BCUT2D eigenvalue weighted by atomic mass is 32.1. The number of thiazole rings is 1. The zero-order valence-electron chi connectivity index (χ0n) is 15.7. The first-order valence-corrected chi connectivity index (χ1v) is 10.2. The molecule has 0 radical (unpaired) electrons. The highest BCUT2D eigenvalue weighted by Gasteiger charge is 2.41. The van der Waals surface area contributed by atoms with E-state index in [0.29, 0.717) is 27.5 Å². The van der Waals surface area contributed by atoms with Gasteiger partial charge in [0.05, 0.1) is 18.6 Å². The molecule has 1 aromatic carbocycles. The molecule has 150 valence electrons. The van der Waals surface area contributed by atoms with Gasteiger partial charge in [-0.1, -0.05) is 0 Å². The molecule has 1 atom stereocenters. The first-order valence-electron chi connectivity index (χ1n) is 9.37. The third-order valence-electron chi connectivity index (χ3n) is 5.43. The monoisotopic (exact) mass is 413 g/mol. The average Bonchev–Trinajstić information content (AvgIpc) is 3.44. The Balaban J connectivity index is 0.00000218. The predicted molar refractivity (Wildman–Crippen MR) is 107 cm³/mol. The fourth-order valence-corrected chi connectivity index (χ4v) is 4.67. The van der Waals surface area contributed by atoms with Crippen LogP contribution in [0, 0.1) is 12.7 Å². The van der Waals surface area contributed by atoms with Crippen LogP contribution in [0.2, 0.25) is 0 Å². The summed E-state index contributed by atoms with van der Waals surface area (Å²) in [5, 5.41) is 4.99. The molecule has 0 saturated heterocycles. The van der Waals surface area contributed by atoms with E-state index < -0.39 is 17.8 Å². The second-order valence-corrected chi connectivity index (χ2v) is 8.20. The number of hydrogen-bond donors (Lipinski definition) is 1. The molecule has 2 aliphatic heterocycles. The van der Waals surface area contributed by atoms with Gasteiger partial charge in [-0.15, -0.1) is 11.3 Å². The maximum absolute atomic E-state index is 14.5. The zero-order chi connectivity index (χ0) is 20.1. The van der Waals surface area contributed by atoms with Crippen LogP contribution in [-0.4, -0.2) is 31.2 Å². The molecule has 1 N–H and O–H groups in total. The van der Waals surface area contributed by atoms with Crippen LogP contribution in [0.1, 0.15) is 46.8 Å². The quantitative estimate of drug-likeness (QED) is 0.712. The Hall–Kier alpha value is -3.07. The highest BCUT2D eigenvalue weighted by molar-refractivity contribution is 7.13. The molecule has 0 spiro atoms. The molecule has 2 aliphatic rings. The summed E-state index contributed by atoms with van der Waals surface area (Å²) in [7, 11) is 0. The number of benzene rings is 1. The lowest BCUT2D eigenvalue weighted by Crippen LogP contribution is -2.38. The fourth-order valence-electron chi connectivity index (χ4n) is 4.13. The molecule has 4 heterocycles. The largest absolute Gasteiger partial charge is 0.334 e. The van der Waals surface area contributed by atoms with Gasteiger partial charge in [-0.05, 0) is 37.5 Å². The van der Waals surface area contributed by atoms with E-state index in [2.05, 4.69) is 15.3 Å². The van der Waals surface area contributed by atoms with E-state index in [1.54, 1.807) is 30.9 Å². The first-order chi connectivity index (χ1) is 14.0. The van der Waals surface area contributed by atoms with Crippen molar-refractivity contribution in [3.63, 3.8) is 0 Å². The summed E-state index contributed by atoms with van der Waals surface area (Å²) in [6, 6.07) is 2.13. The lowest BCUT2D eigenvalue weighted by Gasteiger charge is -2.26. The minimum absolute atomic E-state index is 0. The van der Waals surface area contributed by atoms with E-state index in [0.717, 1.165) is 25.1 Å². The lowest BCUT2D eigenvalue weighted by atomic mass is 10.1. The van der Waals surface area contributed by atoms with E-state index in [1.165, 1.54) is 22.3 Å². The summed E-state index contributed by atoms with van der Waals surface area (Å²) in [6.07, 6.45) is 5.06. The number of anilines is 1. The van der Waals surface area contributed by atoms with Gasteiger partial charge in [0.2, 0.25) is 0 Å². The van der Waals surface area contributed by atoms with Crippen LogP contribution >= 0.6 is 11.3 Å². The zero-order valence-corrected chi connectivity index (χ0v) is 16.5. The van der Waals surface area contributed by atoms with Crippen LogP contribution in [0.3, 0.4) is 0 Å². The third kappa shape index (κ3) is 2.93. The number of amides is 2. The van der Waals surface area contributed by atoms with Crippen LogP contribution in [0.25, 0.3) is 0 Å². The van der Waals surface area contributed by atoms with Gasteiger partial charge in [0.1, 0.15) is 5.82 Å². The van der Waals surface area contributed by atoms with Crippen molar-refractivity contribution in [1.29, 1.82) is 0 Å². The van der Waals surface area contributed by atoms with Gasteiger partial charge in [-0.3, -0.25) is 14.9 Å². The molecule has 0 aliphatic carbocycles. The van der Waals surface area contributed by atoms with Crippen molar-refractivity contribution < 1.29 is 15.4 Å². The number of nitrogens with zero attached hydrogens (tertiary/aromatic N) is 4. The molecule has 0 bridgehead atoms. The highest BCUT2D eigenvalue weighted by Crippen LogP contribution is 2.36. The number of aryl methyl sites for hydroxylation is 2. The predicted octanol–water partition coefficient (Wildman–Crippen LogP) is 3.32. The number of nitrogens with one attached hydrogen (secondary N) is 1. The average molecular weight is 413 g/mol. The van der Waals surface area contributed by atoms with Crippen molar-refractivity contribution in [2.24, 2.45) is 0 Å². The summed E-state index contributed by atoms with van der Waals surface area (Å²) in [4.78, 5) is 36.4. The summed E-state index contributed by atoms with van der Waals surface area (Å²) in [5.41, 5.74) is 2.80. The summed E-state index contributed by atoms with van der Waals surface area (Å²) in [6.45, 7) is 2.61. The number of fused-ring (bicyclic) bond motifs is 2. The van der Waals surface area contributed by atoms with Crippen LogP contribution in [0.5, 0.6) is 0 Å². The SMILES string of the molecule is Cc1cc(F)c2c(c1)C(=O)N(C(C(=O)Nc1nccs1)c1ncn3c1CCC3)C2.[HH]. The Kier molecular flexibility index (Phi) is 4.20. The topological polar surface area (TPSA) is 80.1 Å². The number of carbonyl (C=O) groups is 2. The number of hydrogen-bond acceptors (Lipinski definition) is 5. The van der Waals surface area contributed by atoms with Crippen molar-refractivity contribution in [1.82, 2.24) is 19.4 Å². The van der Waals surface area contributed by atoms with Gasteiger partial charge in [-0.25, -0.2) is 14.4 Å². The van der Waals surface area contributed by atoms with Gasteiger partial charge in [0.15, 0.2) is 11.2 Å². The molecule has 3 aromatic rings. The van der Waals surface area contributed by atoms with Gasteiger partial charge in [0.25, 0.3) is 11.8 Å². The summed E-state index contributed by atoms with van der Waals surface area (Å²) in [5.74, 6) is -1.18. The summed E-state index contributed by atoms with van der Waals surface area (Å²) < 4.78 is 16.5. The minimum atomic E-state index is -0.951. The maximum Gasteiger partial charge on any atom is 0.255 e. The van der Waals surface area contributed by atoms with Crippen LogP contribution in [-0.2, 0) is 24.3 Å². The van der Waals surface area contributed by atoms with E-state index in [4.69, 9.17) is 0 Å². The first kappa shape index (κ1) is 18.0. The molecular weight excluding hydrogens is 393 g/mol. The number of aromatic nitrogens is 3. The van der Waals surface area contributed by atoms with Crippen molar-refractivity contribution >= 4 is 28.3 Å². The second-order valence-electron chi connectivity index (χ2n) is 7.31. The Morgan fingerprint density at radius 1 is 1.38 bits per heavy atom. The molecule has 9 heteroatoms. The Morgan fingerprint density at radius 3 is 3.03 bits per heavy atom. The number of imidazole rings is 1. The molecule has 0 fully saturated rings. The smallest absolute Gasteiger partial charge is 0.255 e. The van der Waals surface area contributed by atoms with Crippen molar-refractivity contribution in [3.8, 4) is 0 Å². The molecule has 2 aromatic heterocycles. The van der Waals surface area contributed by atoms with Crippen LogP contribution in [0.4, 0.5) is 9.52 Å². The van der Waals surface area contributed by atoms with E-state index in [9.17, 15) is 14.0 Å². The van der Waals surface area contributed by atoms with Gasteiger partial charge >= 0.3 is 0 Å².